The van der Waals surface area contributed by atoms with E-state index in [0.717, 1.165) is 5.56 Å². The van der Waals surface area contributed by atoms with Gasteiger partial charge in [0, 0.05) is 17.1 Å². The number of benzene rings is 1. The highest BCUT2D eigenvalue weighted by molar-refractivity contribution is 7.91. The Hall–Kier alpha value is -1.11. The van der Waals surface area contributed by atoms with E-state index in [1.165, 1.54) is 0 Å². The number of hydrogen-bond acceptors (Lipinski definition) is 4. The van der Waals surface area contributed by atoms with Crippen molar-refractivity contribution in [2.24, 2.45) is 0 Å². The first-order valence-corrected chi connectivity index (χ1v) is 9.49. The molecule has 1 heterocycles. The van der Waals surface area contributed by atoms with Gasteiger partial charge >= 0.3 is 0 Å². The lowest BCUT2D eigenvalue weighted by atomic mass is 10.1. The van der Waals surface area contributed by atoms with Gasteiger partial charge in [0.1, 0.15) is 0 Å². The van der Waals surface area contributed by atoms with Gasteiger partial charge in [0.25, 0.3) is 0 Å². The van der Waals surface area contributed by atoms with E-state index in [1.807, 2.05) is 25.1 Å². The Kier molecular flexibility index (Phi) is 5.47. The molecule has 2 N–H and O–H groups in total. The summed E-state index contributed by atoms with van der Waals surface area (Å²) >= 11 is 5.96. The zero-order valence-electron chi connectivity index (χ0n) is 12.7. The number of sulfone groups is 1. The van der Waals surface area contributed by atoms with E-state index in [0.29, 0.717) is 11.4 Å². The van der Waals surface area contributed by atoms with Crippen LogP contribution in [-0.2, 0) is 14.6 Å². The molecule has 1 aliphatic heterocycles. The number of hydrogen-bond donors (Lipinski definition) is 2. The summed E-state index contributed by atoms with van der Waals surface area (Å²) in [6, 6.07) is 6.73. The third kappa shape index (κ3) is 4.69. The molecular weight excluding hydrogens is 324 g/mol. The minimum atomic E-state index is -2.99. The summed E-state index contributed by atoms with van der Waals surface area (Å²) in [6.45, 7) is 3.72. The summed E-state index contributed by atoms with van der Waals surface area (Å²) in [6.07, 6.45) is 0.491. The first-order chi connectivity index (χ1) is 10.3. The van der Waals surface area contributed by atoms with Crippen LogP contribution < -0.4 is 10.6 Å². The molecule has 7 heteroatoms. The molecule has 2 rings (SSSR count). The van der Waals surface area contributed by atoms with Gasteiger partial charge in [-0.1, -0.05) is 23.7 Å². The molecule has 122 valence electrons. The molecule has 0 aliphatic carbocycles. The minimum absolute atomic E-state index is 0.0354. The van der Waals surface area contributed by atoms with E-state index in [-0.39, 0.29) is 29.5 Å². The number of nitrogens with one attached hydrogen (secondary N) is 2. The van der Waals surface area contributed by atoms with Gasteiger partial charge < -0.3 is 5.32 Å². The predicted molar refractivity (Wildman–Crippen MR) is 87.7 cm³/mol. The van der Waals surface area contributed by atoms with E-state index in [4.69, 9.17) is 11.6 Å². The summed E-state index contributed by atoms with van der Waals surface area (Å²) in [5, 5.41) is 6.65. The van der Waals surface area contributed by atoms with Crippen molar-refractivity contribution in [3.05, 3.63) is 34.9 Å². The molecule has 3 atom stereocenters. The lowest BCUT2D eigenvalue weighted by Gasteiger charge is -2.21. The monoisotopic (exact) mass is 344 g/mol. The van der Waals surface area contributed by atoms with Crippen LogP contribution in [0.15, 0.2) is 24.3 Å². The Morgan fingerprint density at radius 1 is 1.36 bits per heavy atom. The SMILES string of the molecule is C[C@H](N[C@H](C)c1cccc(Cl)c1)C(=O)N[C@@H]1CCS(=O)(=O)C1. The molecule has 1 aromatic rings. The first-order valence-electron chi connectivity index (χ1n) is 7.29. The number of amides is 1. The molecule has 5 nitrogen and oxygen atoms in total. The van der Waals surface area contributed by atoms with Gasteiger partial charge in [0.2, 0.25) is 5.91 Å². The molecule has 0 radical (unpaired) electrons. The van der Waals surface area contributed by atoms with Crippen molar-refractivity contribution in [3.8, 4) is 0 Å². The molecule has 1 aromatic carbocycles. The number of carbonyl (C=O) groups is 1. The Morgan fingerprint density at radius 3 is 2.68 bits per heavy atom. The van der Waals surface area contributed by atoms with Gasteiger partial charge in [-0.25, -0.2) is 8.42 Å². The van der Waals surface area contributed by atoms with Crippen LogP contribution in [-0.4, -0.2) is 37.9 Å². The van der Waals surface area contributed by atoms with E-state index >= 15 is 0 Å². The van der Waals surface area contributed by atoms with Crippen LogP contribution in [0.1, 0.15) is 31.9 Å². The Balaban J connectivity index is 1.88. The highest BCUT2D eigenvalue weighted by atomic mass is 35.5. The highest BCUT2D eigenvalue weighted by Crippen LogP contribution is 2.18. The molecule has 0 bridgehead atoms. The Morgan fingerprint density at radius 2 is 2.09 bits per heavy atom. The van der Waals surface area contributed by atoms with Gasteiger partial charge in [-0.15, -0.1) is 0 Å². The van der Waals surface area contributed by atoms with E-state index in [2.05, 4.69) is 10.6 Å². The van der Waals surface area contributed by atoms with Gasteiger partial charge in [-0.05, 0) is 38.0 Å². The van der Waals surface area contributed by atoms with Crippen molar-refractivity contribution in [3.63, 3.8) is 0 Å². The normalized spacial score (nSPS) is 23.0. The minimum Gasteiger partial charge on any atom is -0.351 e. The smallest absolute Gasteiger partial charge is 0.237 e. The van der Waals surface area contributed by atoms with E-state index in [1.54, 1.807) is 13.0 Å². The van der Waals surface area contributed by atoms with Crippen molar-refractivity contribution < 1.29 is 13.2 Å². The lowest BCUT2D eigenvalue weighted by molar-refractivity contribution is -0.123. The van der Waals surface area contributed by atoms with Crippen molar-refractivity contribution in [2.75, 3.05) is 11.5 Å². The van der Waals surface area contributed by atoms with Gasteiger partial charge in [0.15, 0.2) is 9.84 Å². The second-order valence-electron chi connectivity index (χ2n) is 5.77. The van der Waals surface area contributed by atoms with Crippen LogP contribution >= 0.6 is 11.6 Å². The van der Waals surface area contributed by atoms with Crippen molar-refractivity contribution >= 4 is 27.3 Å². The second-order valence-corrected chi connectivity index (χ2v) is 8.44. The van der Waals surface area contributed by atoms with Gasteiger partial charge in [-0.3, -0.25) is 10.1 Å². The summed E-state index contributed by atoms with van der Waals surface area (Å²) < 4.78 is 22.8. The third-order valence-corrected chi connectivity index (χ3v) is 5.82. The molecule has 0 aromatic heterocycles. The number of rotatable bonds is 5. The molecule has 1 saturated heterocycles. The summed E-state index contributed by atoms with van der Waals surface area (Å²) in [4.78, 5) is 12.1. The van der Waals surface area contributed by atoms with Crippen LogP contribution in [0, 0.1) is 0 Å². The molecule has 1 fully saturated rings. The fourth-order valence-corrected chi connectivity index (χ4v) is 4.43. The summed E-state index contributed by atoms with van der Waals surface area (Å²) in [5.74, 6) is 0.00419. The third-order valence-electron chi connectivity index (χ3n) is 3.82. The zero-order valence-corrected chi connectivity index (χ0v) is 14.2. The average molecular weight is 345 g/mol. The Bertz CT molecular complexity index is 648. The standard InChI is InChI=1S/C15H21ClN2O3S/c1-10(12-4-3-5-13(16)8-12)17-11(2)15(19)18-14-6-7-22(20,21)9-14/h3-5,8,10-11,14,17H,6-7,9H2,1-2H3,(H,18,19)/t10-,11+,14-/m1/s1. The van der Waals surface area contributed by atoms with Crippen LogP contribution in [0.3, 0.4) is 0 Å². The van der Waals surface area contributed by atoms with Gasteiger partial charge in [-0.2, -0.15) is 0 Å². The maximum atomic E-state index is 12.1. The van der Waals surface area contributed by atoms with Crippen LogP contribution in [0.4, 0.5) is 0 Å². The number of halogens is 1. The van der Waals surface area contributed by atoms with Crippen molar-refractivity contribution in [1.29, 1.82) is 0 Å². The van der Waals surface area contributed by atoms with Crippen LogP contribution in [0.2, 0.25) is 5.02 Å². The molecule has 1 amide bonds. The fourth-order valence-electron chi connectivity index (χ4n) is 2.56. The Labute approximate surface area is 136 Å². The number of carbonyl (C=O) groups excluding carboxylic acids is 1. The largest absolute Gasteiger partial charge is 0.351 e. The molecule has 1 aliphatic rings. The molecule has 0 spiro atoms. The molecule has 22 heavy (non-hydrogen) atoms. The first kappa shape index (κ1) is 17.2. The maximum absolute atomic E-state index is 12.1. The summed E-state index contributed by atoms with van der Waals surface area (Å²) in [5.41, 5.74) is 0.996. The average Bonchev–Trinajstić information content (AvgIpc) is 2.77. The zero-order chi connectivity index (χ0) is 16.3. The van der Waals surface area contributed by atoms with Crippen LogP contribution in [0.25, 0.3) is 0 Å². The fraction of sp³-hybridized carbons (Fsp3) is 0.533. The van der Waals surface area contributed by atoms with E-state index < -0.39 is 15.9 Å². The summed E-state index contributed by atoms with van der Waals surface area (Å²) in [7, 11) is -2.99. The molecular formula is C15H21ClN2O3S. The lowest BCUT2D eigenvalue weighted by Crippen LogP contribution is -2.47. The van der Waals surface area contributed by atoms with Gasteiger partial charge in [0.05, 0.1) is 17.5 Å². The molecule has 0 saturated carbocycles. The topological polar surface area (TPSA) is 75.3 Å². The van der Waals surface area contributed by atoms with Crippen LogP contribution in [0.5, 0.6) is 0 Å². The second kappa shape index (κ2) is 6.98. The molecule has 0 unspecified atom stereocenters. The maximum Gasteiger partial charge on any atom is 0.237 e. The predicted octanol–water partition coefficient (Wildman–Crippen LogP) is 1.68. The van der Waals surface area contributed by atoms with E-state index in [9.17, 15) is 13.2 Å². The highest BCUT2D eigenvalue weighted by Gasteiger charge is 2.30. The quantitative estimate of drug-likeness (QED) is 0.852. The van der Waals surface area contributed by atoms with Crippen molar-refractivity contribution in [1.82, 2.24) is 10.6 Å². The van der Waals surface area contributed by atoms with Crippen molar-refractivity contribution in [2.45, 2.75) is 38.4 Å².